The second kappa shape index (κ2) is 4.70. The largest absolute Gasteiger partial charge is 0.476 e. The molecule has 20 heavy (non-hydrogen) atoms. The van der Waals surface area contributed by atoms with Crippen LogP contribution >= 0.6 is 0 Å². The number of hydrogen-bond donors (Lipinski definition) is 1. The van der Waals surface area contributed by atoms with E-state index in [-0.39, 0.29) is 11.6 Å². The molecule has 1 N–H and O–H groups in total. The highest BCUT2D eigenvalue weighted by molar-refractivity contribution is 5.85. The van der Waals surface area contributed by atoms with Crippen LogP contribution < -0.4 is 0 Å². The van der Waals surface area contributed by atoms with E-state index in [0.717, 1.165) is 23.9 Å². The van der Waals surface area contributed by atoms with Gasteiger partial charge < -0.3 is 9.67 Å². The first-order chi connectivity index (χ1) is 9.54. The van der Waals surface area contributed by atoms with E-state index in [0.29, 0.717) is 13.0 Å². The Labute approximate surface area is 113 Å². The number of carboxylic acids is 1. The summed E-state index contributed by atoms with van der Waals surface area (Å²) in [7, 11) is 0. The van der Waals surface area contributed by atoms with Gasteiger partial charge in [0, 0.05) is 25.1 Å². The van der Waals surface area contributed by atoms with Crippen molar-refractivity contribution in [3.8, 4) is 0 Å². The molecule has 0 saturated carbocycles. The number of rotatable bonds is 2. The van der Waals surface area contributed by atoms with Gasteiger partial charge in [-0.2, -0.15) is 0 Å². The second-order valence-corrected chi connectivity index (χ2v) is 4.91. The Morgan fingerprint density at radius 2 is 2.15 bits per heavy atom. The van der Waals surface area contributed by atoms with Crippen molar-refractivity contribution >= 4 is 5.97 Å². The van der Waals surface area contributed by atoms with E-state index in [2.05, 4.69) is 4.98 Å². The van der Waals surface area contributed by atoms with Crippen LogP contribution in [0.4, 0.5) is 8.78 Å². The summed E-state index contributed by atoms with van der Waals surface area (Å²) >= 11 is 0. The fourth-order valence-electron chi connectivity index (χ4n) is 2.59. The molecule has 1 aromatic carbocycles. The van der Waals surface area contributed by atoms with Crippen molar-refractivity contribution < 1.29 is 18.7 Å². The molecule has 0 saturated heterocycles. The van der Waals surface area contributed by atoms with Crippen molar-refractivity contribution in [3.63, 3.8) is 0 Å². The highest BCUT2D eigenvalue weighted by Crippen LogP contribution is 2.29. The predicted molar refractivity (Wildman–Crippen MR) is 66.6 cm³/mol. The number of imidazole rings is 1. The summed E-state index contributed by atoms with van der Waals surface area (Å²) in [5.74, 6) is -2.02. The van der Waals surface area contributed by atoms with Gasteiger partial charge in [0.05, 0.1) is 0 Å². The third-order valence-corrected chi connectivity index (χ3v) is 3.63. The Morgan fingerprint density at radius 1 is 1.35 bits per heavy atom. The maximum Gasteiger partial charge on any atom is 0.356 e. The molecule has 1 aromatic heterocycles. The standard InChI is InChI=1S/C14H12F2N2O2/c15-10-3-1-8(5-11(10)16)9-2-4-13-17-12(14(19)20)7-18(13)6-9/h1,3,5,7,9H,2,4,6H2,(H,19,20). The molecule has 0 aliphatic carbocycles. The zero-order valence-corrected chi connectivity index (χ0v) is 10.5. The summed E-state index contributed by atoms with van der Waals surface area (Å²) < 4.78 is 28.0. The van der Waals surface area contributed by atoms with Gasteiger partial charge in [-0.1, -0.05) is 6.07 Å². The molecule has 1 unspecified atom stereocenters. The van der Waals surface area contributed by atoms with Crippen molar-refractivity contribution in [2.45, 2.75) is 25.3 Å². The van der Waals surface area contributed by atoms with Crippen LogP contribution in [0.25, 0.3) is 0 Å². The molecular formula is C14H12F2N2O2. The van der Waals surface area contributed by atoms with E-state index in [1.165, 1.54) is 12.3 Å². The van der Waals surface area contributed by atoms with Gasteiger partial charge in [0.1, 0.15) is 5.82 Å². The number of benzene rings is 1. The van der Waals surface area contributed by atoms with Gasteiger partial charge in [0.15, 0.2) is 17.3 Å². The first-order valence-corrected chi connectivity index (χ1v) is 6.29. The minimum Gasteiger partial charge on any atom is -0.476 e. The van der Waals surface area contributed by atoms with Crippen LogP contribution in [0.15, 0.2) is 24.4 Å². The molecule has 4 nitrogen and oxygen atoms in total. The van der Waals surface area contributed by atoms with Crippen LogP contribution in [-0.4, -0.2) is 20.6 Å². The van der Waals surface area contributed by atoms with Crippen molar-refractivity contribution in [3.05, 3.63) is 53.1 Å². The number of aryl methyl sites for hydroxylation is 1. The van der Waals surface area contributed by atoms with Gasteiger partial charge in [-0.3, -0.25) is 0 Å². The van der Waals surface area contributed by atoms with Gasteiger partial charge in [0.2, 0.25) is 0 Å². The van der Waals surface area contributed by atoms with Crippen molar-refractivity contribution in [1.29, 1.82) is 0 Å². The van der Waals surface area contributed by atoms with Gasteiger partial charge in [0.25, 0.3) is 0 Å². The zero-order valence-electron chi connectivity index (χ0n) is 10.5. The number of nitrogens with zero attached hydrogens (tertiary/aromatic N) is 2. The fourth-order valence-corrected chi connectivity index (χ4v) is 2.59. The molecule has 1 atom stereocenters. The van der Waals surface area contributed by atoms with Gasteiger partial charge in [-0.05, 0) is 24.1 Å². The van der Waals surface area contributed by atoms with E-state index >= 15 is 0 Å². The first-order valence-electron chi connectivity index (χ1n) is 6.29. The highest BCUT2D eigenvalue weighted by atomic mass is 19.2. The Bertz CT molecular complexity index is 682. The van der Waals surface area contributed by atoms with Crippen molar-refractivity contribution in [2.75, 3.05) is 0 Å². The Balaban J connectivity index is 1.87. The molecule has 0 fully saturated rings. The molecule has 0 spiro atoms. The molecule has 0 amide bonds. The maximum atomic E-state index is 13.3. The lowest BCUT2D eigenvalue weighted by molar-refractivity contribution is 0.0691. The number of aromatic nitrogens is 2. The number of fused-ring (bicyclic) bond motifs is 1. The van der Waals surface area contributed by atoms with Crippen molar-refractivity contribution in [2.24, 2.45) is 0 Å². The molecule has 0 radical (unpaired) electrons. The van der Waals surface area contributed by atoms with Crippen LogP contribution in [0.2, 0.25) is 0 Å². The zero-order chi connectivity index (χ0) is 14.3. The number of halogens is 2. The SMILES string of the molecule is O=C(O)c1cn2c(n1)CCC(c1ccc(F)c(F)c1)C2. The number of carboxylic acid groups (broad SMARTS) is 1. The number of hydrogen-bond acceptors (Lipinski definition) is 2. The minimum absolute atomic E-state index is 0.0194. The summed E-state index contributed by atoms with van der Waals surface area (Å²) in [5.41, 5.74) is 0.742. The summed E-state index contributed by atoms with van der Waals surface area (Å²) in [6.07, 6.45) is 2.85. The molecule has 1 aliphatic rings. The van der Waals surface area contributed by atoms with E-state index in [1.807, 2.05) is 0 Å². The highest BCUT2D eigenvalue weighted by Gasteiger charge is 2.23. The summed E-state index contributed by atoms with van der Waals surface area (Å²) in [6, 6.07) is 3.90. The Kier molecular flexibility index (Phi) is 3.00. The molecule has 3 rings (SSSR count). The van der Waals surface area contributed by atoms with E-state index in [9.17, 15) is 13.6 Å². The molecular weight excluding hydrogens is 266 g/mol. The quantitative estimate of drug-likeness (QED) is 0.918. The lowest BCUT2D eigenvalue weighted by Crippen LogP contribution is -2.18. The van der Waals surface area contributed by atoms with Crippen molar-refractivity contribution in [1.82, 2.24) is 9.55 Å². The van der Waals surface area contributed by atoms with E-state index in [1.54, 1.807) is 10.6 Å². The third-order valence-electron chi connectivity index (χ3n) is 3.63. The fraction of sp³-hybridized carbons (Fsp3) is 0.286. The van der Waals surface area contributed by atoms with Crippen LogP contribution in [-0.2, 0) is 13.0 Å². The van der Waals surface area contributed by atoms with Crippen LogP contribution in [0.1, 0.15) is 34.2 Å². The average molecular weight is 278 g/mol. The van der Waals surface area contributed by atoms with E-state index in [4.69, 9.17) is 5.11 Å². The van der Waals surface area contributed by atoms with Crippen LogP contribution in [0, 0.1) is 11.6 Å². The molecule has 2 aromatic rings. The third kappa shape index (κ3) is 2.17. The molecule has 1 aliphatic heterocycles. The minimum atomic E-state index is -1.06. The lowest BCUT2D eigenvalue weighted by Gasteiger charge is -2.24. The topological polar surface area (TPSA) is 55.1 Å². The number of carbonyl (C=O) groups is 1. The van der Waals surface area contributed by atoms with Gasteiger partial charge in [-0.15, -0.1) is 0 Å². The molecule has 2 heterocycles. The monoisotopic (exact) mass is 278 g/mol. The lowest BCUT2D eigenvalue weighted by atomic mass is 9.91. The summed E-state index contributed by atoms with van der Waals surface area (Å²) in [5, 5.41) is 8.92. The summed E-state index contributed by atoms with van der Waals surface area (Å²) in [4.78, 5) is 14.9. The van der Waals surface area contributed by atoms with E-state index < -0.39 is 17.6 Å². The maximum absolute atomic E-state index is 13.3. The first kappa shape index (κ1) is 12.8. The summed E-state index contributed by atoms with van der Waals surface area (Å²) in [6.45, 7) is 0.528. The second-order valence-electron chi connectivity index (χ2n) is 4.91. The molecule has 104 valence electrons. The van der Waals surface area contributed by atoms with Crippen LogP contribution in [0.3, 0.4) is 0 Å². The average Bonchev–Trinajstić information content (AvgIpc) is 2.85. The smallest absolute Gasteiger partial charge is 0.356 e. The van der Waals surface area contributed by atoms with Gasteiger partial charge in [-0.25, -0.2) is 18.6 Å². The Hall–Kier alpha value is -2.24. The predicted octanol–water partition coefficient (Wildman–Crippen LogP) is 2.59. The van der Waals surface area contributed by atoms with Gasteiger partial charge >= 0.3 is 5.97 Å². The number of aromatic carboxylic acids is 1. The normalized spacial score (nSPS) is 17.8. The Morgan fingerprint density at radius 3 is 2.85 bits per heavy atom. The van der Waals surface area contributed by atoms with Crippen LogP contribution in [0.5, 0.6) is 0 Å². The molecule has 6 heteroatoms. The molecule has 0 bridgehead atoms.